The number of aromatic amines is 1. The number of ketones is 1. The topological polar surface area (TPSA) is 134 Å². The molecule has 7 nitrogen and oxygen atoms in total. The van der Waals surface area contributed by atoms with Gasteiger partial charge in [-0.1, -0.05) is 29.8 Å². The maximum atomic E-state index is 12.4. The van der Waals surface area contributed by atoms with Crippen molar-refractivity contribution < 1.29 is 30.3 Å². The second-order valence-electron chi connectivity index (χ2n) is 5.09. The molecule has 0 aliphatic rings. The fourth-order valence-corrected chi connectivity index (χ4v) is 2.54. The molecular weight excluding hydrogens is 394 g/mol. The van der Waals surface area contributed by atoms with Crippen LogP contribution in [0.25, 0.3) is 10.9 Å². The van der Waals surface area contributed by atoms with Crippen molar-refractivity contribution in [2.45, 2.75) is 21.8 Å². The molecule has 0 saturated heterocycles. The first-order valence-corrected chi connectivity index (χ1v) is 7.70. The number of H-pyrrole nitrogens is 1. The molecule has 9 heteroatoms. The van der Waals surface area contributed by atoms with Gasteiger partial charge in [0, 0.05) is 22.7 Å². The predicted octanol–water partition coefficient (Wildman–Crippen LogP) is 0.0756. The maximum absolute atomic E-state index is 12.4. The molecule has 0 unspecified atom stereocenters. The van der Waals surface area contributed by atoms with E-state index in [1.165, 1.54) is 6.20 Å². The third-order valence-electron chi connectivity index (χ3n) is 3.56. The van der Waals surface area contributed by atoms with E-state index in [2.05, 4.69) is 20.9 Å². The molecule has 2 rings (SSSR count). The van der Waals surface area contributed by atoms with Gasteiger partial charge in [-0.2, -0.15) is 0 Å². The molecule has 0 saturated carbocycles. The zero-order chi connectivity index (χ0) is 17.4. The Morgan fingerprint density at radius 1 is 1.30 bits per heavy atom. The van der Waals surface area contributed by atoms with E-state index in [9.17, 15) is 25.2 Å². The number of aromatic nitrogens is 1. The molecule has 0 bridgehead atoms. The van der Waals surface area contributed by atoms with Gasteiger partial charge >= 0.3 is 0 Å². The molecule has 4 atom stereocenters. The zero-order valence-corrected chi connectivity index (χ0v) is 14.0. The molecule has 0 radical (unpaired) electrons. The fraction of sp³-hybridized carbons (Fsp3) is 0.357. The fourth-order valence-electron chi connectivity index (χ4n) is 2.12. The number of halogens is 2. The molecular formula is C14H15BrClNO6. The molecule has 0 amide bonds. The average molecular weight is 409 g/mol. The van der Waals surface area contributed by atoms with Gasteiger partial charge in [0.15, 0.2) is 10.3 Å². The van der Waals surface area contributed by atoms with Crippen molar-refractivity contribution in [1.29, 1.82) is 0 Å². The molecule has 0 spiro atoms. The van der Waals surface area contributed by atoms with Crippen LogP contribution in [0.15, 0.2) is 30.5 Å². The summed E-state index contributed by atoms with van der Waals surface area (Å²) in [7, 11) is 0. The van der Waals surface area contributed by atoms with Crippen LogP contribution >= 0.6 is 27.5 Å². The van der Waals surface area contributed by atoms with E-state index in [4.69, 9.17) is 16.7 Å². The van der Waals surface area contributed by atoms with E-state index in [1.807, 2.05) is 0 Å². The number of hydrogen-bond donors (Lipinski definition) is 6. The van der Waals surface area contributed by atoms with Crippen LogP contribution in [0.5, 0.6) is 0 Å². The molecule has 0 aliphatic carbocycles. The Morgan fingerprint density at radius 3 is 2.52 bits per heavy atom. The van der Waals surface area contributed by atoms with Crippen molar-refractivity contribution in [2.24, 2.45) is 0 Å². The van der Waals surface area contributed by atoms with Crippen molar-refractivity contribution in [3.8, 4) is 0 Å². The Balaban J connectivity index is 2.32. The number of alkyl halides is 2. The summed E-state index contributed by atoms with van der Waals surface area (Å²) in [6.45, 7) is -1.07. The first-order chi connectivity index (χ1) is 10.6. The summed E-state index contributed by atoms with van der Waals surface area (Å²) in [5.41, 5.74) is 0.729. The lowest BCUT2D eigenvalue weighted by atomic mass is 9.95. The van der Waals surface area contributed by atoms with Crippen LogP contribution in [0.3, 0.4) is 0 Å². The number of aliphatic hydroxyl groups excluding tert-OH is 3. The Hall–Kier alpha value is -1.00. The van der Waals surface area contributed by atoms with Gasteiger partial charge in [-0.25, -0.2) is 0 Å². The molecule has 1 aromatic carbocycles. The number of rotatable bonds is 6. The highest BCUT2D eigenvalue weighted by Crippen LogP contribution is 2.37. The second kappa shape index (κ2) is 6.48. The standard InChI is InChI=1S/C14H15BrClNO6/c15-13(22,6-18)14(16,23)12(21)11(20)10(19)8-5-17-9-4-2-1-3-7(8)9/h1-5,11-12,17-18,20-23H,6H2/t11-,12-,13-,14+/m1/s1. The lowest BCUT2D eigenvalue weighted by Crippen LogP contribution is -2.60. The largest absolute Gasteiger partial charge is 0.392 e. The summed E-state index contributed by atoms with van der Waals surface area (Å²) in [6.07, 6.45) is -3.06. The molecule has 6 N–H and O–H groups in total. The number of hydrogen-bond acceptors (Lipinski definition) is 6. The molecule has 23 heavy (non-hydrogen) atoms. The van der Waals surface area contributed by atoms with Crippen molar-refractivity contribution in [3.05, 3.63) is 36.0 Å². The summed E-state index contributed by atoms with van der Waals surface area (Å²) in [4.78, 5) is 15.2. The molecule has 0 aliphatic heterocycles. The van der Waals surface area contributed by atoms with Gasteiger partial charge in [0.05, 0.1) is 6.61 Å². The SMILES string of the molecule is O=C(c1c[nH]c2ccccc12)[C@@H](O)[C@@H](O)[C@@](O)(Cl)[C@@](O)(Br)CO. The summed E-state index contributed by atoms with van der Waals surface area (Å²) < 4.78 is -2.53. The van der Waals surface area contributed by atoms with Crippen molar-refractivity contribution in [1.82, 2.24) is 4.98 Å². The van der Waals surface area contributed by atoms with Gasteiger partial charge in [-0.05, 0) is 22.0 Å². The van der Waals surface area contributed by atoms with Gasteiger partial charge in [0.2, 0.25) is 5.06 Å². The Bertz CT molecular complexity index is 716. The predicted molar refractivity (Wildman–Crippen MR) is 86.4 cm³/mol. The van der Waals surface area contributed by atoms with Crippen LogP contribution in [-0.2, 0) is 0 Å². The van der Waals surface area contributed by atoms with Crippen LogP contribution in [0.4, 0.5) is 0 Å². The van der Waals surface area contributed by atoms with Crippen molar-refractivity contribution >= 4 is 44.2 Å². The lowest BCUT2D eigenvalue weighted by Gasteiger charge is -2.37. The van der Waals surface area contributed by atoms with Gasteiger partial charge in [0.1, 0.15) is 12.2 Å². The number of carbonyl (C=O) groups is 1. The zero-order valence-electron chi connectivity index (χ0n) is 11.6. The summed E-state index contributed by atoms with van der Waals surface area (Å²) in [5, 5.41) is 46.4. The van der Waals surface area contributed by atoms with E-state index in [0.29, 0.717) is 10.9 Å². The summed E-state index contributed by atoms with van der Waals surface area (Å²) in [5.74, 6) is -0.907. The van der Waals surface area contributed by atoms with Gasteiger partial charge in [-0.3, -0.25) is 4.79 Å². The minimum absolute atomic E-state index is 0.0849. The number of benzene rings is 1. The van der Waals surface area contributed by atoms with E-state index < -0.39 is 34.2 Å². The minimum atomic E-state index is -2.91. The van der Waals surface area contributed by atoms with Crippen LogP contribution in [0.1, 0.15) is 10.4 Å². The third kappa shape index (κ3) is 3.16. The number of nitrogens with one attached hydrogen (secondary N) is 1. The highest BCUT2D eigenvalue weighted by molar-refractivity contribution is 9.10. The quantitative estimate of drug-likeness (QED) is 0.296. The van der Waals surface area contributed by atoms with E-state index in [1.54, 1.807) is 24.3 Å². The van der Waals surface area contributed by atoms with Gasteiger partial charge in [0.25, 0.3) is 0 Å². The molecule has 2 aromatic rings. The number of Topliss-reactive ketones (excluding diaryl/α,β-unsaturated/α-hetero) is 1. The average Bonchev–Trinajstić information content (AvgIpc) is 2.96. The first-order valence-electron chi connectivity index (χ1n) is 6.53. The Labute approximate surface area is 144 Å². The summed E-state index contributed by atoms with van der Waals surface area (Å²) in [6, 6.07) is 6.80. The van der Waals surface area contributed by atoms with Crippen molar-refractivity contribution in [3.63, 3.8) is 0 Å². The molecule has 1 aromatic heterocycles. The summed E-state index contributed by atoms with van der Waals surface area (Å²) >= 11 is 8.17. The van der Waals surface area contributed by atoms with Crippen LogP contribution in [0.2, 0.25) is 0 Å². The van der Waals surface area contributed by atoms with Crippen molar-refractivity contribution in [2.75, 3.05) is 6.61 Å². The van der Waals surface area contributed by atoms with Crippen LogP contribution in [-0.4, -0.2) is 64.7 Å². The van der Waals surface area contributed by atoms with Gasteiger partial charge < -0.3 is 30.5 Å². The minimum Gasteiger partial charge on any atom is -0.392 e. The normalized spacial score (nSPS) is 19.8. The number of para-hydroxylation sites is 1. The van der Waals surface area contributed by atoms with Gasteiger partial charge in [-0.15, -0.1) is 0 Å². The highest BCUT2D eigenvalue weighted by atomic mass is 79.9. The van der Waals surface area contributed by atoms with Crippen LogP contribution in [0, 0.1) is 0 Å². The number of aliphatic hydroxyl groups is 5. The monoisotopic (exact) mass is 407 g/mol. The van der Waals surface area contributed by atoms with E-state index >= 15 is 0 Å². The van der Waals surface area contributed by atoms with E-state index in [0.717, 1.165) is 0 Å². The smallest absolute Gasteiger partial charge is 0.208 e. The second-order valence-corrected chi connectivity index (χ2v) is 6.98. The highest BCUT2D eigenvalue weighted by Gasteiger charge is 2.55. The lowest BCUT2D eigenvalue weighted by molar-refractivity contribution is -0.142. The first kappa shape index (κ1) is 18.3. The molecule has 1 heterocycles. The maximum Gasteiger partial charge on any atom is 0.208 e. The van der Waals surface area contributed by atoms with Crippen LogP contribution < -0.4 is 0 Å². The van der Waals surface area contributed by atoms with E-state index in [-0.39, 0.29) is 5.56 Å². The third-order valence-corrected chi connectivity index (χ3v) is 5.18. The molecule has 126 valence electrons. The Morgan fingerprint density at radius 2 is 1.91 bits per heavy atom. The number of carbonyl (C=O) groups excluding carboxylic acids is 1. The number of fused-ring (bicyclic) bond motifs is 1. The molecule has 0 fully saturated rings. The Kier molecular flexibility index (Phi) is 5.17.